The SMILES string of the molecule is COCc1ccc2c(c1)c(OC(C)(C)C(=O)NCC1CCOCC1)nn2Cc1cccnc1. The largest absolute Gasteiger partial charge is 0.460 e. The van der Waals surface area contributed by atoms with Crippen molar-refractivity contribution in [2.75, 3.05) is 26.9 Å². The Bertz CT molecular complexity index is 1070. The molecule has 2 aromatic heterocycles. The zero-order valence-electron chi connectivity index (χ0n) is 19.5. The number of pyridine rings is 1. The first-order valence-electron chi connectivity index (χ1n) is 11.4. The number of rotatable bonds is 9. The number of aromatic nitrogens is 3. The molecule has 3 heterocycles. The van der Waals surface area contributed by atoms with Gasteiger partial charge in [-0.15, -0.1) is 5.10 Å². The Kier molecular flexibility index (Phi) is 7.25. The lowest BCUT2D eigenvalue weighted by molar-refractivity contribution is -0.134. The van der Waals surface area contributed by atoms with Gasteiger partial charge in [-0.1, -0.05) is 12.1 Å². The highest BCUT2D eigenvalue weighted by Gasteiger charge is 2.32. The Morgan fingerprint density at radius 2 is 2.06 bits per heavy atom. The van der Waals surface area contributed by atoms with Crippen LogP contribution in [0.4, 0.5) is 0 Å². The summed E-state index contributed by atoms with van der Waals surface area (Å²) in [7, 11) is 1.67. The number of hydrogen-bond donors (Lipinski definition) is 1. The summed E-state index contributed by atoms with van der Waals surface area (Å²) in [4.78, 5) is 17.2. The van der Waals surface area contributed by atoms with Crippen LogP contribution >= 0.6 is 0 Å². The van der Waals surface area contributed by atoms with E-state index in [1.165, 1.54) is 0 Å². The van der Waals surface area contributed by atoms with Gasteiger partial charge in [0, 0.05) is 39.3 Å². The van der Waals surface area contributed by atoms with Crippen molar-refractivity contribution in [2.45, 2.75) is 45.4 Å². The highest BCUT2D eigenvalue weighted by atomic mass is 16.5. The molecule has 0 radical (unpaired) electrons. The highest BCUT2D eigenvalue weighted by molar-refractivity contribution is 5.88. The molecule has 0 saturated carbocycles. The lowest BCUT2D eigenvalue weighted by Crippen LogP contribution is -2.48. The molecule has 4 rings (SSSR count). The minimum Gasteiger partial charge on any atom is -0.460 e. The van der Waals surface area contributed by atoms with E-state index in [2.05, 4.69) is 10.3 Å². The molecule has 1 saturated heterocycles. The van der Waals surface area contributed by atoms with E-state index >= 15 is 0 Å². The molecule has 0 bridgehead atoms. The Balaban J connectivity index is 1.56. The number of nitrogens with zero attached hydrogens (tertiary/aromatic N) is 3. The van der Waals surface area contributed by atoms with Gasteiger partial charge in [0.05, 0.1) is 24.1 Å². The first kappa shape index (κ1) is 23.2. The van der Waals surface area contributed by atoms with Crippen molar-refractivity contribution in [3.8, 4) is 5.88 Å². The van der Waals surface area contributed by atoms with Gasteiger partial charge in [0.1, 0.15) is 0 Å². The second kappa shape index (κ2) is 10.3. The molecule has 3 aromatic rings. The van der Waals surface area contributed by atoms with Gasteiger partial charge in [0.25, 0.3) is 5.91 Å². The van der Waals surface area contributed by atoms with Gasteiger partial charge < -0.3 is 19.5 Å². The Labute approximate surface area is 194 Å². The molecule has 8 nitrogen and oxygen atoms in total. The van der Waals surface area contributed by atoms with Crippen LogP contribution in [0.15, 0.2) is 42.7 Å². The third-order valence-electron chi connectivity index (χ3n) is 5.94. The number of methoxy groups -OCH3 is 1. The van der Waals surface area contributed by atoms with Crippen LogP contribution in [0.2, 0.25) is 0 Å². The summed E-state index contributed by atoms with van der Waals surface area (Å²) in [5, 5.41) is 8.64. The quantitative estimate of drug-likeness (QED) is 0.536. The minimum absolute atomic E-state index is 0.156. The molecule has 1 aliphatic heterocycles. The van der Waals surface area contributed by atoms with E-state index in [-0.39, 0.29) is 5.91 Å². The van der Waals surface area contributed by atoms with Crippen LogP contribution in [-0.4, -0.2) is 53.1 Å². The van der Waals surface area contributed by atoms with Gasteiger partial charge in [0.15, 0.2) is 5.60 Å². The molecule has 176 valence electrons. The van der Waals surface area contributed by atoms with E-state index in [4.69, 9.17) is 19.3 Å². The predicted molar refractivity (Wildman–Crippen MR) is 125 cm³/mol. The normalized spacial score (nSPS) is 15.0. The van der Waals surface area contributed by atoms with Gasteiger partial charge in [-0.25, -0.2) is 0 Å². The van der Waals surface area contributed by atoms with Gasteiger partial charge in [-0.05, 0) is 61.9 Å². The number of ether oxygens (including phenoxy) is 3. The molecule has 33 heavy (non-hydrogen) atoms. The van der Waals surface area contributed by atoms with Crippen LogP contribution in [0.1, 0.15) is 37.8 Å². The first-order chi connectivity index (χ1) is 16.0. The Morgan fingerprint density at radius 1 is 1.24 bits per heavy atom. The summed E-state index contributed by atoms with van der Waals surface area (Å²) in [6.45, 7) is 6.72. The Morgan fingerprint density at radius 3 is 2.79 bits per heavy atom. The maximum absolute atomic E-state index is 13.0. The predicted octanol–water partition coefficient (Wildman–Crippen LogP) is 3.33. The lowest BCUT2D eigenvalue weighted by atomic mass is 10.00. The van der Waals surface area contributed by atoms with Gasteiger partial charge in [0.2, 0.25) is 5.88 Å². The summed E-state index contributed by atoms with van der Waals surface area (Å²) in [5.41, 5.74) is 1.88. The maximum Gasteiger partial charge on any atom is 0.263 e. The molecule has 0 unspecified atom stereocenters. The summed E-state index contributed by atoms with van der Waals surface area (Å²) in [6.07, 6.45) is 5.50. The second-order valence-electron chi connectivity index (χ2n) is 8.99. The van der Waals surface area contributed by atoms with E-state index in [0.717, 1.165) is 48.1 Å². The Hall–Kier alpha value is -2.97. The van der Waals surface area contributed by atoms with Crippen molar-refractivity contribution in [1.82, 2.24) is 20.1 Å². The monoisotopic (exact) mass is 452 g/mol. The molecular formula is C25H32N4O4. The smallest absolute Gasteiger partial charge is 0.263 e. The molecular weight excluding hydrogens is 420 g/mol. The summed E-state index contributed by atoms with van der Waals surface area (Å²) < 4.78 is 18.8. The van der Waals surface area contributed by atoms with Crippen LogP contribution in [-0.2, 0) is 27.4 Å². The molecule has 0 aliphatic carbocycles. The number of carbonyl (C=O) groups excluding carboxylic acids is 1. The van der Waals surface area contributed by atoms with Crippen molar-refractivity contribution < 1.29 is 19.0 Å². The fourth-order valence-corrected chi connectivity index (χ4v) is 4.00. The van der Waals surface area contributed by atoms with Gasteiger partial charge in [-0.3, -0.25) is 14.5 Å². The maximum atomic E-state index is 13.0. The number of amides is 1. The zero-order chi connectivity index (χ0) is 23.3. The van der Waals surface area contributed by atoms with Crippen LogP contribution in [0.5, 0.6) is 5.88 Å². The van der Waals surface area contributed by atoms with E-state index in [9.17, 15) is 4.79 Å². The third-order valence-corrected chi connectivity index (χ3v) is 5.94. The number of carbonyl (C=O) groups is 1. The summed E-state index contributed by atoms with van der Waals surface area (Å²) in [6, 6.07) is 9.95. The second-order valence-corrected chi connectivity index (χ2v) is 8.99. The van der Waals surface area contributed by atoms with Crippen LogP contribution < -0.4 is 10.1 Å². The number of nitrogens with one attached hydrogen (secondary N) is 1. The lowest BCUT2D eigenvalue weighted by Gasteiger charge is -2.27. The number of benzene rings is 1. The van der Waals surface area contributed by atoms with Crippen molar-refractivity contribution in [2.24, 2.45) is 5.92 Å². The molecule has 1 aliphatic rings. The number of hydrogen-bond acceptors (Lipinski definition) is 6. The van der Waals surface area contributed by atoms with E-state index < -0.39 is 5.60 Å². The zero-order valence-corrected chi connectivity index (χ0v) is 19.5. The van der Waals surface area contributed by atoms with E-state index in [1.54, 1.807) is 27.2 Å². The van der Waals surface area contributed by atoms with Crippen LogP contribution in [0.25, 0.3) is 10.9 Å². The molecule has 0 spiro atoms. The fourth-order valence-electron chi connectivity index (χ4n) is 4.00. The summed E-state index contributed by atoms with van der Waals surface area (Å²) >= 11 is 0. The van der Waals surface area contributed by atoms with Gasteiger partial charge >= 0.3 is 0 Å². The average Bonchev–Trinajstić information content (AvgIpc) is 3.14. The summed E-state index contributed by atoms with van der Waals surface area (Å²) in [5.74, 6) is 0.713. The molecule has 1 fully saturated rings. The van der Waals surface area contributed by atoms with Crippen molar-refractivity contribution in [3.05, 3.63) is 53.9 Å². The van der Waals surface area contributed by atoms with E-state index in [0.29, 0.717) is 31.5 Å². The first-order valence-corrected chi connectivity index (χ1v) is 11.4. The topological polar surface area (TPSA) is 87.5 Å². The molecule has 8 heteroatoms. The van der Waals surface area contributed by atoms with Gasteiger partial charge in [-0.2, -0.15) is 0 Å². The van der Waals surface area contributed by atoms with Crippen LogP contribution in [0.3, 0.4) is 0 Å². The molecule has 1 aromatic carbocycles. The average molecular weight is 453 g/mol. The fraction of sp³-hybridized carbons (Fsp3) is 0.480. The molecule has 1 N–H and O–H groups in total. The van der Waals surface area contributed by atoms with Crippen molar-refractivity contribution >= 4 is 16.8 Å². The minimum atomic E-state index is -1.08. The number of fused-ring (bicyclic) bond motifs is 1. The highest BCUT2D eigenvalue weighted by Crippen LogP contribution is 2.30. The van der Waals surface area contributed by atoms with Crippen molar-refractivity contribution in [3.63, 3.8) is 0 Å². The standard InChI is InChI=1S/C25H32N4O4/c1-25(2,24(30)27-15-18-8-11-32-12-9-18)33-23-21-13-19(17-31-3)6-7-22(21)29(28-23)16-20-5-4-10-26-14-20/h4-7,10,13-14,18H,8-9,11-12,15-17H2,1-3H3,(H,27,30). The third kappa shape index (κ3) is 5.69. The van der Waals surface area contributed by atoms with E-state index in [1.807, 2.05) is 41.2 Å². The van der Waals surface area contributed by atoms with Crippen LogP contribution in [0, 0.1) is 5.92 Å². The molecule has 0 atom stereocenters. The van der Waals surface area contributed by atoms with Crippen molar-refractivity contribution in [1.29, 1.82) is 0 Å². The molecule has 1 amide bonds.